The molecular weight excluding hydrogens is 330 g/mol. The van der Waals surface area contributed by atoms with Crippen molar-refractivity contribution in [3.8, 4) is 5.88 Å². The van der Waals surface area contributed by atoms with Gasteiger partial charge in [-0.25, -0.2) is 4.98 Å². The molecule has 0 unspecified atom stereocenters. The lowest BCUT2D eigenvalue weighted by molar-refractivity contribution is -0.122. The molecule has 136 valence electrons. The van der Waals surface area contributed by atoms with E-state index in [-0.39, 0.29) is 36.7 Å². The first-order valence-corrected chi connectivity index (χ1v) is 9.01. The van der Waals surface area contributed by atoms with E-state index >= 15 is 0 Å². The number of ketones is 1. The van der Waals surface area contributed by atoms with Gasteiger partial charge < -0.3 is 10.1 Å². The van der Waals surface area contributed by atoms with Crippen LogP contribution in [-0.2, 0) is 4.79 Å². The Labute approximate surface area is 153 Å². The maximum Gasteiger partial charge on any atom is 0.232 e. The largest absolute Gasteiger partial charge is 0.473 e. The van der Waals surface area contributed by atoms with Crippen molar-refractivity contribution >= 4 is 11.7 Å². The average Bonchev–Trinajstić information content (AvgIpc) is 2.69. The number of hydrogen-bond acceptors (Lipinski definition) is 5. The van der Waals surface area contributed by atoms with Crippen LogP contribution >= 0.6 is 0 Å². The molecule has 1 amide bonds. The molecular formula is C20H23N3O3. The fraction of sp³-hybridized carbons (Fsp3) is 0.400. The SMILES string of the molecule is O=C(CCC(=O)c1ccccc1)NC1CCC(Oc2cnccn2)CC1. The van der Waals surface area contributed by atoms with E-state index in [4.69, 9.17) is 4.74 Å². The minimum atomic E-state index is -0.0624. The van der Waals surface area contributed by atoms with Crippen LogP contribution in [0.25, 0.3) is 0 Å². The van der Waals surface area contributed by atoms with Gasteiger partial charge in [0, 0.05) is 36.8 Å². The summed E-state index contributed by atoms with van der Waals surface area (Å²) in [6.07, 6.45) is 8.86. The molecule has 0 atom stereocenters. The van der Waals surface area contributed by atoms with Gasteiger partial charge in [0.1, 0.15) is 6.10 Å². The molecule has 3 rings (SSSR count). The summed E-state index contributed by atoms with van der Waals surface area (Å²) in [6, 6.07) is 9.23. The Morgan fingerprint density at radius 3 is 2.50 bits per heavy atom. The predicted molar refractivity (Wildman–Crippen MR) is 96.9 cm³/mol. The molecule has 1 aromatic carbocycles. The minimum Gasteiger partial charge on any atom is -0.473 e. The predicted octanol–water partition coefficient (Wildman–Crippen LogP) is 2.95. The van der Waals surface area contributed by atoms with E-state index in [0.717, 1.165) is 25.7 Å². The van der Waals surface area contributed by atoms with Crippen molar-refractivity contribution in [3.63, 3.8) is 0 Å². The number of nitrogens with one attached hydrogen (secondary N) is 1. The first kappa shape index (κ1) is 18.0. The Kier molecular flexibility index (Phi) is 6.30. The van der Waals surface area contributed by atoms with Gasteiger partial charge in [-0.15, -0.1) is 0 Å². The van der Waals surface area contributed by atoms with Crippen molar-refractivity contribution in [2.24, 2.45) is 0 Å². The van der Waals surface area contributed by atoms with Crippen LogP contribution in [0.4, 0.5) is 0 Å². The fourth-order valence-corrected chi connectivity index (χ4v) is 3.14. The Morgan fingerprint density at radius 2 is 1.81 bits per heavy atom. The zero-order valence-electron chi connectivity index (χ0n) is 14.6. The Hall–Kier alpha value is -2.76. The zero-order chi connectivity index (χ0) is 18.2. The number of Topliss-reactive ketones (excluding diaryl/α,β-unsaturated/α-hetero) is 1. The van der Waals surface area contributed by atoms with Crippen molar-refractivity contribution in [1.82, 2.24) is 15.3 Å². The summed E-state index contributed by atoms with van der Waals surface area (Å²) < 4.78 is 5.81. The summed E-state index contributed by atoms with van der Waals surface area (Å²) in [5.41, 5.74) is 0.655. The molecule has 1 heterocycles. The van der Waals surface area contributed by atoms with Gasteiger partial charge in [0.2, 0.25) is 11.8 Å². The van der Waals surface area contributed by atoms with Gasteiger partial charge >= 0.3 is 0 Å². The molecule has 6 heteroatoms. The molecule has 0 bridgehead atoms. The molecule has 1 fully saturated rings. The summed E-state index contributed by atoms with van der Waals surface area (Å²) in [5.74, 6) is 0.480. The van der Waals surface area contributed by atoms with Gasteiger partial charge in [-0.05, 0) is 25.7 Å². The van der Waals surface area contributed by atoms with E-state index in [1.165, 1.54) is 0 Å². The maximum absolute atomic E-state index is 12.1. The van der Waals surface area contributed by atoms with Crippen molar-refractivity contribution in [1.29, 1.82) is 0 Å². The summed E-state index contributed by atoms with van der Waals surface area (Å²) in [7, 11) is 0. The lowest BCUT2D eigenvalue weighted by atomic mass is 9.92. The Balaban J connectivity index is 1.36. The van der Waals surface area contributed by atoms with E-state index in [1.807, 2.05) is 18.2 Å². The molecule has 1 aliphatic carbocycles. The molecule has 0 saturated heterocycles. The number of hydrogen-bond donors (Lipinski definition) is 1. The van der Waals surface area contributed by atoms with Gasteiger partial charge in [-0.1, -0.05) is 30.3 Å². The fourth-order valence-electron chi connectivity index (χ4n) is 3.14. The van der Waals surface area contributed by atoms with Crippen molar-refractivity contribution in [3.05, 3.63) is 54.5 Å². The van der Waals surface area contributed by atoms with E-state index in [0.29, 0.717) is 11.4 Å². The molecule has 0 spiro atoms. The first-order chi connectivity index (χ1) is 12.7. The number of carbonyl (C=O) groups is 2. The maximum atomic E-state index is 12.1. The summed E-state index contributed by atoms with van der Waals surface area (Å²) >= 11 is 0. The molecule has 6 nitrogen and oxygen atoms in total. The molecule has 1 aromatic heterocycles. The minimum absolute atomic E-state index is 0.00169. The van der Waals surface area contributed by atoms with Crippen LogP contribution in [0.1, 0.15) is 48.9 Å². The molecule has 0 aliphatic heterocycles. The summed E-state index contributed by atoms with van der Waals surface area (Å²) in [6.45, 7) is 0. The third-order valence-electron chi connectivity index (χ3n) is 4.54. The standard InChI is InChI=1S/C20H23N3O3/c24-18(15-4-2-1-3-5-15)10-11-19(25)23-16-6-8-17(9-7-16)26-20-14-21-12-13-22-20/h1-5,12-14,16-17H,6-11H2,(H,23,25). The second-order valence-corrected chi connectivity index (χ2v) is 6.49. The normalized spacial score (nSPS) is 19.5. The molecule has 1 N–H and O–H groups in total. The molecule has 0 radical (unpaired) electrons. The van der Waals surface area contributed by atoms with Crippen LogP contribution in [0.2, 0.25) is 0 Å². The second-order valence-electron chi connectivity index (χ2n) is 6.49. The van der Waals surface area contributed by atoms with Crippen LogP contribution in [0.3, 0.4) is 0 Å². The first-order valence-electron chi connectivity index (χ1n) is 9.01. The number of benzene rings is 1. The van der Waals surface area contributed by atoms with E-state index in [9.17, 15) is 9.59 Å². The molecule has 2 aromatic rings. The highest BCUT2D eigenvalue weighted by molar-refractivity contribution is 5.97. The summed E-state index contributed by atoms with van der Waals surface area (Å²) in [4.78, 5) is 32.3. The third-order valence-corrected chi connectivity index (χ3v) is 4.54. The highest BCUT2D eigenvalue weighted by atomic mass is 16.5. The lowest BCUT2D eigenvalue weighted by Gasteiger charge is -2.29. The van der Waals surface area contributed by atoms with Gasteiger partial charge in [-0.2, -0.15) is 0 Å². The number of nitrogens with zero attached hydrogens (tertiary/aromatic N) is 2. The molecule has 26 heavy (non-hydrogen) atoms. The Bertz CT molecular complexity index is 714. The third kappa shape index (κ3) is 5.37. The average molecular weight is 353 g/mol. The zero-order valence-corrected chi connectivity index (χ0v) is 14.6. The molecule has 1 saturated carbocycles. The quantitative estimate of drug-likeness (QED) is 0.774. The van der Waals surface area contributed by atoms with Gasteiger partial charge in [0.15, 0.2) is 5.78 Å². The number of rotatable bonds is 7. The van der Waals surface area contributed by atoms with Gasteiger partial charge in [0.25, 0.3) is 0 Å². The van der Waals surface area contributed by atoms with Crippen LogP contribution in [0, 0.1) is 0 Å². The van der Waals surface area contributed by atoms with Crippen LogP contribution in [0.15, 0.2) is 48.9 Å². The number of ether oxygens (including phenoxy) is 1. The smallest absolute Gasteiger partial charge is 0.232 e. The second kappa shape index (κ2) is 9.08. The van der Waals surface area contributed by atoms with E-state index < -0.39 is 0 Å². The van der Waals surface area contributed by atoms with Crippen molar-refractivity contribution in [2.45, 2.75) is 50.7 Å². The lowest BCUT2D eigenvalue weighted by Crippen LogP contribution is -2.39. The topological polar surface area (TPSA) is 81.2 Å². The highest BCUT2D eigenvalue weighted by Crippen LogP contribution is 2.22. The monoisotopic (exact) mass is 353 g/mol. The van der Waals surface area contributed by atoms with Crippen LogP contribution < -0.4 is 10.1 Å². The van der Waals surface area contributed by atoms with Gasteiger partial charge in [-0.3, -0.25) is 14.6 Å². The van der Waals surface area contributed by atoms with Crippen LogP contribution in [0.5, 0.6) is 5.88 Å². The van der Waals surface area contributed by atoms with Crippen molar-refractivity contribution in [2.75, 3.05) is 0 Å². The molecule has 1 aliphatic rings. The van der Waals surface area contributed by atoms with E-state index in [2.05, 4.69) is 15.3 Å². The van der Waals surface area contributed by atoms with Crippen molar-refractivity contribution < 1.29 is 14.3 Å². The van der Waals surface area contributed by atoms with E-state index in [1.54, 1.807) is 30.7 Å². The number of aromatic nitrogens is 2. The summed E-state index contributed by atoms with van der Waals surface area (Å²) in [5, 5.41) is 3.04. The van der Waals surface area contributed by atoms with Crippen LogP contribution in [-0.4, -0.2) is 33.8 Å². The Morgan fingerprint density at radius 1 is 1.04 bits per heavy atom. The van der Waals surface area contributed by atoms with Gasteiger partial charge in [0.05, 0.1) is 6.20 Å². The number of carbonyl (C=O) groups excluding carboxylic acids is 2. The number of amides is 1. The highest BCUT2D eigenvalue weighted by Gasteiger charge is 2.24.